The number of nitriles is 1. The molecule has 0 amide bonds. The summed E-state index contributed by atoms with van der Waals surface area (Å²) in [5.74, 6) is 0.609. The highest BCUT2D eigenvalue weighted by molar-refractivity contribution is 5.37. The third-order valence-electron chi connectivity index (χ3n) is 3.67. The van der Waals surface area contributed by atoms with Crippen LogP contribution in [0, 0.1) is 11.3 Å². The lowest BCUT2D eigenvalue weighted by Crippen LogP contribution is -2.44. The van der Waals surface area contributed by atoms with E-state index in [9.17, 15) is 0 Å². The summed E-state index contributed by atoms with van der Waals surface area (Å²) in [5, 5.41) is 9.08. The van der Waals surface area contributed by atoms with E-state index in [-0.39, 0.29) is 0 Å². The summed E-state index contributed by atoms with van der Waals surface area (Å²) in [6.45, 7) is 2.98. The van der Waals surface area contributed by atoms with Crippen LogP contribution < -0.4 is 0 Å². The van der Waals surface area contributed by atoms with Gasteiger partial charge in [0.1, 0.15) is 0 Å². The van der Waals surface area contributed by atoms with Crippen LogP contribution in [0.4, 0.5) is 0 Å². The SMILES string of the molecule is N#Cc1ccccc1CN1CC(c2ccncc2)C1. The van der Waals surface area contributed by atoms with Gasteiger partial charge < -0.3 is 0 Å². The van der Waals surface area contributed by atoms with Crippen molar-refractivity contribution in [3.63, 3.8) is 0 Å². The first-order valence-corrected chi connectivity index (χ1v) is 6.47. The second-order valence-electron chi connectivity index (χ2n) is 4.94. The van der Waals surface area contributed by atoms with Gasteiger partial charge in [-0.3, -0.25) is 9.88 Å². The summed E-state index contributed by atoms with van der Waals surface area (Å²) in [5.41, 5.74) is 3.27. The normalized spacial score (nSPS) is 15.7. The molecular formula is C16H15N3. The van der Waals surface area contributed by atoms with E-state index >= 15 is 0 Å². The summed E-state index contributed by atoms with van der Waals surface area (Å²) in [6.07, 6.45) is 3.70. The molecule has 0 radical (unpaired) electrons. The third kappa shape index (κ3) is 2.49. The Morgan fingerprint density at radius 2 is 1.89 bits per heavy atom. The molecule has 2 aromatic rings. The molecule has 0 spiro atoms. The fourth-order valence-electron chi connectivity index (χ4n) is 2.55. The lowest BCUT2D eigenvalue weighted by atomic mass is 9.91. The van der Waals surface area contributed by atoms with E-state index in [2.05, 4.69) is 28.1 Å². The fourth-order valence-corrected chi connectivity index (χ4v) is 2.55. The van der Waals surface area contributed by atoms with Crippen LogP contribution in [0.5, 0.6) is 0 Å². The number of benzene rings is 1. The van der Waals surface area contributed by atoms with Crippen LogP contribution in [0.2, 0.25) is 0 Å². The van der Waals surface area contributed by atoms with Crippen LogP contribution in [0.15, 0.2) is 48.8 Å². The fraction of sp³-hybridized carbons (Fsp3) is 0.250. The van der Waals surface area contributed by atoms with Crippen LogP contribution in [0.25, 0.3) is 0 Å². The van der Waals surface area contributed by atoms with Crippen LogP contribution in [0.1, 0.15) is 22.6 Å². The summed E-state index contributed by atoms with van der Waals surface area (Å²) >= 11 is 0. The summed E-state index contributed by atoms with van der Waals surface area (Å²) in [4.78, 5) is 6.42. The lowest BCUT2D eigenvalue weighted by molar-refractivity contribution is 0.139. The smallest absolute Gasteiger partial charge is 0.0995 e. The Bertz CT molecular complexity index is 595. The van der Waals surface area contributed by atoms with Gasteiger partial charge in [-0.2, -0.15) is 5.26 Å². The molecule has 0 bridgehead atoms. The van der Waals surface area contributed by atoms with E-state index in [1.165, 1.54) is 5.56 Å². The minimum absolute atomic E-state index is 0.609. The van der Waals surface area contributed by atoms with Crippen molar-refractivity contribution in [3.05, 3.63) is 65.5 Å². The molecule has 0 aliphatic carbocycles. The molecule has 3 heteroatoms. The van der Waals surface area contributed by atoms with E-state index in [0.29, 0.717) is 5.92 Å². The predicted octanol–water partition coefficient (Wildman–Crippen LogP) is 2.55. The largest absolute Gasteiger partial charge is 0.298 e. The maximum Gasteiger partial charge on any atom is 0.0995 e. The number of hydrogen-bond acceptors (Lipinski definition) is 3. The number of aromatic nitrogens is 1. The zero-order valence-corrected chi connectivity index (χ0v) is 10.7. The lowest BCUT2D eigenvalue weighted by Gasteiger charge is -2.39. The van der Waals surface area contributed by atoms with Crippen molar-refractivity contribution < 1.29 is 0 Å². The minimum Gasteiger partial charge on any atom is -0.298 e. The van der Waals surface area contributed by atoms with Gasteiger partial charge in [-0.15, -0.1) is 0 Å². The van der Waals surface area contributed by atoms with Gasteiger partial charge in [0.05, 0.1) is 11.6 Å². The van der Waals surface area contributed by atoms with Crippen molar-refractivity contribution >= 4 is 0 Å². The van der Waals surface area contributed by atoms with Crippen molar-refractivity contribution in [3.8, 4) is 6.07 Å². The highest BCUT2D eigenvalue weighted by atomic mass is 15.2. The van der Waals surface area contributed by atoms with Gasteiger partial charge in [-0.25, -0.2) is 0 Å². The maximum absolute atomic E-state index is 9.08. The number of likely N-dealkylation sites (tertiary alicyclic amines) is 1. The highest BCUT2D eigenvalue weighted by Crippen LogP contribution is 2.28. The number of hydrogen-bond donors (Lipinski definition) is 0. The van der Waals surface area contributed by atoms with Crippen LogP contribution in [-0.4, -0.2) is 23.0 Å². The van der Waals surface area contributed by atoms with Crippen molar-refractivity contribution in [2.45, 2.75) is 12.5 Å². The first-order valence-electron chi connectivity index (χ1n) is 6.47. The van der Waals surface area contributed by atoms with E-state index in [4.69, 9.17) is 5.26 Å². The van der Waals surface area contributed by atoms with E-state index < -0.39 is 0 Å². The van der Waals surface area contributed by atoms with Gasteiger partial charge in [-0.1, -0.05) is 18.2 Å². The molecule has 0 saturated carbocycles. The van der Waals surface area contributed by atoms with E-state index in [0.717, 1.165) is 30.8 Å². The molecule has 94 valence electrons. The molecule has 1 aromatic heterocycles. The van der Waals surface area contributed by atoms with Crippen molar-refractivity contribution in [2.75, 3.05) is 13.1 Å². The van der Waals surface area contributed by atoms with E-state index in [1.54, 1.807) is 0 Å². The molecule has 1 aromatic carbocycles. The molecule has 0 N–H and O–H groups in total. The molecule has 2 heterocycles. The zero-order chi connectivity index (χ0) is 13.1. The standard InChI is InChI=1S/C16H15N3/c17-9-14-3-1-2-4-15(14)10-19-11-16(12-19)13-5-7-18-8-6-13/h1-8,16H,10-12H2. The Hall–Kier alpha value is -2.18. The Morgan fingerprint density at radius 3 is 2.63 bits per heavy atom. The first kappa shape index (κ1) is 11.9. The van der Waals surface area contributed by atoms with Gasteiger partial charge in [0.2, 0.25) is 0 Å². The Morgan fingerprint density at radius 1 is 1.16 bits per heavy atom. The van der Waals surface area contributed by atoms with Gasteiger partial charge in [0, 0.05) is 37.9 Å². The van der Waals surface area contributed by atoms with Gasteiger partial charge >= 0.3 is 0 Å². The minimum atomic E-state index is 0.609. The Balaban J connectivity index is 1.62. The topological polar surface area (TPSA) is 39.9 Å². The first-order chi connectivity index (χ1) is 9.36. The number of pyridine rings is 1. The van der Waals surface area contributed by atoms with Crippen LogP contribution >= 0.6 is 0 Å². The molecule has 0 unspecified atom stereocenters. The van der Waals surface area contributed by atoms with Crippen molar-refractivity contribution in [1.29, 1.82) is 5.26 Å². The molecule has 3 rings (SSSR count). The molecule has 1 aliphatic rings. The summed E-state index contributed by atoms with van der Waals surface area (Å²) in [6, 6.07) is 14.3. The van der Waals surface area contributed by atoms with Gasteiger partial charge in [0.25, 0.3) is 0 Å². The quantitative estimate of drug-likeness (QED) is 0.839. The molecule has 19 heavy (non-hydrogen) atoms. The molecule has 0 atom stereocenters. The maximum atomic E-state index is 9.08. The molecule has 1 saturated heterocycles. The van der Waals surface area contributed by atoms with Gasteiger partial charge in [0.15, 0.2) is 0 Å². The zero-order valence-electron chi connectivity index (χ0n) is 10.7. The summed E-state index contributed by atoms with van der Waals surface area (Å²) < 4.78 is 0. The molecule has 3 nitrogen and oxygen atoms in total. The highest BCUT2D eigenvalue weighted by Gasteiger charge is 2.28. The second-order valence-corrected chi connectivity index (χ2v) is 4.94. The predicted molar refractivity (Wildman–Crippen MR) is 73.4 cm³/mol. The monoisotopic (exact) mass is 249 g/mol. The summed E-state index contributed by atoms with van der Waals surface area (Å²) in [7, 11) is 0. The van der Waals surface area contributed by atoms with Crippen molar-refractivity contribution in [2.24, 2.45) is 0 Å². The number of rotatable bonds is 3. The molecule has 1 fully saturated rings. The van der Waals surface area contributed by atoms with Crippen molar-refractivity contribution in [1.82, 2.24) is 9.88 Å². The second kappa shape index (κ2) is 5.21. The van der Waals surface area contributed by atoms with Crippen LogP contribution in [-0.2, 0) is 6.54 Å². The average Bonchev–Trinajstić information content (AvgIpc) is 2.43. The number of nitrogens with zero attached hydrogens (tertiary/aromatic N) is 3. The Kier molecular flexibility index (Phi) is 3.26. The molecule has 1 aliphatic heterocycles. The van der Waals surface area contributed by atoms with Gasteiger partial charge in [-0.05, 0) is 29.3 Å². The third-order valence-corrected chi connectivity index (χ3v) is 3.67. The van der Waals surface area contributed by atoms with Crippen LogP contribution in [0.3, 0.4) is 0 Å². The van der Waals surface area contributed by atoms with E-state index in [1.807, 2.05) is 36.7 Å². The molecular weight excluding hydrogens is 234 g/mol. The average molecular weight is 249 g/mol. The Labute approximate surface area is 113 Å².